The van der Waals surface area contributed by atoms with Crippen LogP contribution in [0.3, 0.4) is 0 Å². The van der Waals surface area contributed by atoms with E-state index in [0.717, 1.165) is 39.0 Å². The third kappa shape index (κ3) is 5.41. The van der Waals surface area contributed by atoms with Crippen molar-refractivity contribution < 1.29 is 4.79 Å². The number of hydrogen-bond acceptors (Lipinski definition) is 2. The molecule has 1 amide bonds. The van der Waals surface area contributed by atoms with Crippen LogP contribution in [0.25, 0.3) is 0 Å². The Morgan fingerprint density at radius 3 is 2.28 bits per heavy atom. The average molecular weight is 368 g/mol. The molecule has 1 rings (SSSR count). The molecule has 1 heterocycles. The van der Waals surface area contributed by atoms with E-state index in [4.69, 9.17) is 5.73 Å². The van der Waals surface area contributed by atoms with Crippen molar-refractivity contribution in [1.29, 1.82) is 0 Å². The molecule has 1 fully saturated rings. The summed E-state index contributed by atoms with van der Waals surface area (Å²) in [4.78, 5) is 19.9. The van der Waals surface area contributed by atoms with E-state index in [1.807, 2.05) is 23.6 Å². The lowest BCUT2D eigenvalue weighted by atomic mass is 10.1. The van der Waals surface area contributed by atoms with Gasteiger partial charge < -0.3 is 15.5 Å². The molecule has 0 aromatic heterocycles. The Labute approximate surface area is 127 Å². The van der Waals surface area contributed by atoms with E-state index < -0.39 is 0 Å². The van der Waals surface area contributed by atoms with Crippen molar-refractivity contribution in [3.8, 4) is 0 Å². The van der Waals surface area contributed by atoms with Crippen molar-refractivity contribution in [3.05, 3.63) is 0 Å². The van der Waals surface area contributed by atoms with Crippen LogP contribution in [-0.2, 0) is 4.79 Å². The quantitative estimate of drug-likeness (QED) is 0.462. The predicted octanol–water partition coefficient (Wildman–Crippen LogP) is 1.27. The van der Waals surface area contributed by atoms with Crippen LogP contribution in [0, 0.1) is 0 Å². The second-order valence-electron chi connectivity index (χ2n) is 4.29. The predicted molar refractivity (Wildman–Crippen MR) is 85.3 cm³/mol. The summed E-state index contributed by atoms with van der Waals surface area (Å²) in [6.07, 6.45) is 3.45. The monoisotopic (exact) mass is 368 g/mol. The van der Waals surface area contributed by atoms with Gasteiger partial charge in [0.05, 0.1) is 0 Å². The van der Waals surface area contributed by atoms with E-state index in [9.17, 15) is 4.79 Å². The molecule has 0 spiro atoms. The molecule has 0 aromatic rings. The van der Waals surface area contributed by atoms with Gasteiger partial charge in [-0.2, -0.15) is 0 Å². The molecule has 0 saturated carbocycles. The highest BCUT2D eigenvalue weighted by Crippen LogP contribution is 2.08. The molecule has 5 nitrogen and oxygen atoms in total. The van der Waals surface area contributed by atoms with E-state index in [1.54, 1.807) is 0 Å². The average Bonchev–Trinajstić information content (AvgIpc) is 2.38. The summed E-state index contributed by atoms with van der Waals surface area (Å²) in [5, 5.41) is 0. The Bertz CT molecular complexity index is 273. The van der Waals surface area contributed by atoms with Crippen LogP contribution in [0.1, 0.15) is 33.1 Å². The first kappa shape index (κ1) is 17.5. The lowest BCUT2D eigenvalue weighted by Crippen LogP contribution is -2.40. The summed E-state index contributed by atoms with van der Waals surface area (Å²) in [5.74, 6) is 0.570. The summed E-state index contributed by atoms with van der Waals surface area (Å²) in [6.45, 7) is 7.63. The SMILES string of the molecule is CCN(CC)C(N)=NCC(=O)N1CCCCC1.I. The van der Waals surface area contributed by atoms with Gasteiger partial charge in [-0.3, -0.25) is 4.79 Å². The zero-order chi connectivity index (χ0) is 12.7. The van der Waals surface area contributed by atoms with Crippen molar-refractivity contribution >= 4 is 35.8 Å². The maximum absolute atomic E-state index is 11.8. The van der Waals surface area contributed by atoms with Gasteiger partial charge in [0.1, 0.15) is 6.54 Å². The first-order valence-corrected chi connectivity index (χ1v) is 6.51. The lowest BCUT2D eigenvalue weighted by Gasteiger charge is -2.26. The zero-order valence-electron chi connectivity index (χ0n) is 11.4. The minimum atomic E-state index is 0. The topological polar surface area (TPSA) is 61.9 Å². The second kappa shape index (κ2) is 9.41. The third-order valence-electron chi connectivity index (χ3n) is 3.17. The minimum absolute atomic E-state index is 0. The van der Waals surface area contributed by atoms with Gasteiger partial charge in [0, 0.05) is 26.2 Å². The highest BCUT2D eigenvalue weighted by atomic mass is 127. The molecule has 0 radical (unpaired) electrons. The summed E-state index contributed by atoms with van der Waals surface area (Å²) in [6, 6.07) is 0. The molecule has 2 N–H and O–H groups in total. The minimum Gasteiger partial charge on any atom is -0.370 e. The van der Waals surface area contributed by atoms with Gasteiger partial charge in [-0.05, 0) is 33.1 Å². The van der Waals surface area contributed by atoms with E-state index in [0.29, 0.717) is 5.96 Å². The van der Waals surface area contributed by atoms with Crippen molar-refractivity contribution in [1.82, 2.24) is 9.80 Å². The number of likely N-dealkylation sites (tertiary alicyclic amines) is 1. The first-order valence-electron chi connectivity index (χ1n) is 6.51. The van der Waals surface area contributed by atoms with E-state index >= 15 is 0 Å². The Balaban J connectivity index is 0.00000289. The van der Waals surface area contributed by atoms with Crippen LogP contribution in [0.2, 0.25) is 0 Å². The zero-order valence-corrected chi connectivity index (χ0v) is 13.7. The fourth-order valence-corrected chi connectivity index (χ4v) is 2.04. The number of halogens is 1. The van der Waals surface area contributed by atoms with Crippen LogP contribution in [0.4, 0.5) is 0 Å². The number of amides is 1. The van der Waals surface area contributed by atoms with Gasteiger partial charge in [0.2, 0.25) is 5.91 Å². The van der Waals surface area contributed by atoms with Crippen LogP contribution in [0.15, 0.2) is 4.99 Å². The van der Waals surface area contributed by atoms with Crippen molar-refractivity contribution in [2.24, 2.45) is 10.7 Å². The first-order chi connectivity index (χ1) is 8.19. The number of carbonyl (C=O) groups excluding carboxylic acids is 1. The molecule has 0 atom stereocenters. The molecule has 0 unspecified atom stereocenters. The van der Waals surface area contributed by atoms with Crippen molar-refractivity contribution in [2.75, 3.05) is 32.7 Å². The highest BCUT2D eigenvalue weighted by Gasteiger charge is 2.15. The fraction of sp³-hybridized carbons (Fsp3) is 0.833. The second-order valence-corrected chi connectivity index (χ2v) is 4.29. The van der Waals surface area contributed by atoms with E-state index in [1.165, 1.54) is 6.42 Å². The Hall–Kier alpha value is -0.530. The van der Waals surface area contributed by atoms with Crippen LogP contribution >= 0.6 is 24.0 Å². The Kier molecular flexibility index (Phi) is 9.13. The number of hydrogen-bond donors (Lipinski definition) is 1. The molecule has 1 aliphatic heterocycles. The van der Waals surface area contributed by atoms with Crippen LogP contribution in [-0.4, -0.2) is 54.4 Å². The van der Waals surface area contributed by atoms with E-state index in [-0.39, 0.29) is 36.4 Å². The van der Waals surface area contributed by atoms with Crippen LogP contribution < -0.4 is 5.73 Å². The number of piperidine rings is 1. The molecule has 1 saturated heterocycles. The Morgan fingerprint density at radius 1 is 1.22 bits per heavy atom. The summed E-state index contributed by atoms with van der Waals surface area (Å²) in [5.41, 5.74) is 5.82. The number of aliphatic imine (C=N–C) groups is 1. The molecule has 1 aliphatic rings. The van der Waals surface area contributed by atoms with Crippen molar-refractivity contribution in [2.45, 2.75) is 33.1 Å². The van der Waals surface area contributed by atoms with Crippen molar-refractivity contribution in [3.63, 3.8) is 0 Å². The van der Waals surface area contributed by atoms with Gasteiger partial charge in [0.15, 0.2) is 5.96 Å². The van der Waals surface area contributed by atoms with Gasteiger partial charge in [0.25, 0.3) is 0 Å². The van der Waals surface area contributed by atoms with Gasteiger partial charge in [-0.1, -0.05) is 0 Å². The number of nitrogens with two attached hydrogens (primary N) is 1. The van der Waals surface area contributed by atoms with Gasteiger partial charge in [-0.15, -0.1) is 24.0 Å². The normalized spacial score (nSPS) is 16.1. The molecular weight excluding hydrogens is 343 g/mol. The number of rotatable bonds is 4. The summed E-state index contributed by atoms with van der Waals surface area (Å²) >= 11 is 0. The molecule has 0 aromatic carbocycles. The maximum atomic E-state index is 11.8. The largest absolute Gasteiger partial charge is 0.370 e. The van der Waals surface area contributed by atoms with Gasteiger partial charge >= 0.3 is 0 Å². The standard InChI is InChI=1S/C12H24N4O.HI/c1-3-15(4-2)12(13)14-10-11(17)16-8-6-5-7-9-16;/h3-10H2,1-2H3,(H2,13,14);1H. The van der Waals surface area contributed by atoms with Gasteiger partial charge in [-0.25, -0.2) is 4.99 Å². The van der Waals surface area contributed by atoms with Crippen LogP contribution in [0.5, 0.6) is 0 Å². The third-order valence-corrected chi connectivity index (χ3v) is 3.17. The molecule has 6 heteroatoms. The number of guanidine groups is 1. The van der Waals surface area contributed by atoms with E-state index in [2.05, 4.69) is 4.99 Å². The summed E-state index contributed by atoms with van der Waals surface area (Å²) in [7, 11) is 0. The lowest BCUT2D eigenvalue weighted by molar-refractivity contribution is -0.130. The molecule has 0 bridgehead atoms. The Morgan fingerprint density at radius 2 is 1.78 bits per heavy atom. The molecule has 106 valence electrons. The maximum Gasteiger partial charge on any atom is 0.244 e. The number of nitrogens with zero attached hydrogens (tertiary/aromatic N) is 3. The molecular formula is C12H25IN4O. The highest BCUT2D eigenvalue weighted by molar-refractivity contribution is 14.0. The smallest absolute Gasteiger partial charge is 0.244 e. The molecule has 0 aliphatic carbocycles. The molecule has 18 heavy (non-hydrogen) atoms. The fourth-order valence-electron chi connectivity index (χ4n) is 2.04. The summed E-state index contributed by atoms with van der Waals surface area (Å²) < 4.78 is 0. The number of carbonyl (C=O) groups is 1.